The Labute approximate surface area is 121 Å². The number of rotatable bonds is 6. The van der Waals surface area contributed by atoms with Crippen molar-refractivity contribution in [1.29, 1.82) is 0 Å². The summed E-state index contributed by atoms with van der Waals surface area (Å²) in [6.45, 7) is 0.0241. The predicted molar refractivity (Wildman–Crippen MR) is 77.8 cm³/mol. The summed E-state index contributed by atoms with van der Waals surface area (Å²) in [5.74, 6) is -0.167. The number of hydrogen-bond acceptors (Lipinski definition) is 5. The van der Waals surface area contributed by atoms with Gasteiger partial charge in [0.1, 0.15) is 5.69 Å². The third-order valence-corrected chi connectivity index (χ3v) is 3.29. The molecule has 0 saturated heterocycles. The molecule has 21 heavy (non-hydrogen) atoms. The first-order valence-corrected chi connectivity index (χ1v) is 6.66. The topological polar surface area (TPSA) is 104 Å². The lowest BCUT2D eigenvalue weighted by Crippen LogP contribution is -2.37. The molecule has 0 aromatic heterocycles. The van der Waals surface area contributed by atoms with Crippen LogP contribution in [0.2, 0.25) is 0 Å². The summed E-state index contributed by atoms with van der Waals surface area (Å²) < 4.78 is 0. The highest BCUT2D eigenvalue weighted by Crippen LogP contribution is 2.22. The number of nitro groups is 1. The molecule has 2 rings (SSSR count). The molecule has 0 saturated carbocycles. The number of hydrogen-bond donors (Lipinski definition) is 3. The Hall–Kier alpha value is -2.41. The number of amides is 1. The molecular formula is C14H17N3O4. The van der Waals surface area contributed by atoms with Crippen LogP contribution in [-0.4, -0.2) is 35.1 Å². The molecule has 3 N–H and O–H groups in total. The van der Waals surface area contributed by atoms with Gasteiger partial charge >= 0.3 is 0 Å². The molecule has 2 atom stereocenters. The van der Waals surface area contributed by atoms with E-state index in [2.05, 4.69) is 10.6 Å². The largest absolute Gasteiger partial charge is 0.396 e. The minimum atomic E-state index is -0.494. The summed E-state index contributed by atoms with van der Waals surface area (Å²) in [6.07, 6.45) is 4.40. The van der Waals surface area contributed by atoms with E-state index in [0.717, 1.165) is 0 Å². The second kappa shape index (κ2) is 6.85. The summed E-state index contributed by atoms with van der Waals surface area (Å²) >= 11 is 0. The van der Waals surface area contributed by atoms with Crippen molar-refractivity contribution in [2.45, 2.75) is 12.5 Å². The van der Waals surface area contributed by atoms with Crippen LogP contribution >= 0.6 is 0 Å². The van der Waals surface area contributed by atoms with E-state index in [1.807, 2.05) is 12.2 Å². The number of nitro benzene ring substituents is 1. The fourth-order valence-electron chi connectivity index (χ4n) is 2.23. The second-order valence-corrected chi connectivity index (χ2v) is 4.87. The van der Waals surface area contributed by atoms with Crippen LogP contribution in [0.3, 0.4) is 0 Å². The van der Waals surface area contributed by atoms with E-state index in [1.165, 1.54) is 6.07 Å². The second-order valence-electron chi connectivity index (χ2n) is 4.87. The SMILES string of the molecule is O=C(CNc1ccccc1[N+](=O)[O-])N[C@@H]1C=C[C@H](CO)C1. The maximum absolute atomic E-state index is 11.8. The van der Waals surface area contributed by atoms with E-state index in [0.29, 0.717) is 12.1 Å². The number of aliphatic hydroxyl groups excluding tert-OH is 1. The Morgan fingerprint density at radius 2 is 2.14 bits per heavy atom. The Balaban J connectivity index is 1.85. The third kappa shape index (κ3) is 4.03. The van der Waals surface area contributed by atoms with Gasteiger partial charge in [0, 0.05) is 24.6 Å². The molecule has 1 aliphatic carbocycles. The van der Waals surface area contributed by atoms with Gasteiger partial charge in [-0.15, -0.1) is 0 Å². The first-order valence-electron chi connectivity index (χ1n) is 6.66. The molecule has 1 aliphatic rings. The molecule has 0 heterocycles. The average Bonchev–Trinajstić information content (AvgIpc) is 2.93. The Morgan fingerprint density at radius 1 is 1.38 bits per heavy atom. The zero-order valence-corrected chi connectivity index (χ0v) is 11.4. The minimum Gasteiger partial charge on any atom is -0.396 e. The highest BCUT2D eigenvalue weighted by Gasteiger charge is 2.20. The molecule has 0 unspecified atom stereocenters. The van der Waals surface area contributed by atoms with Crippen LogP contribution in [0.15, 0.2) is 36.4 Å². The molecule has 0 aliphatic heterocycles. The van der Waals surface area contributed by atoms with Crippen LogP contribution in [-0.2, 0) is 4.79 Å². The molecule has 0 fully saturated rings. The van der Waals surface area contributed by atoms with Crippen molar-refractivity contribution in [3.8, 4) is 0 Å². The van der Waals surface area contributed by atoms with Gasteiger partial charge in [-0.1, -0.05) is 24.3 Å². The third-order valence-electron chi connectivity index (χ3n) is 3.29. The highest BCUT2D eigenvalue weighted by atomic mass is 16.6. The number of carbonyl (C=O) groups excluding carboxylic acids is 1. The van der Waals surface area contributed by atoms with Gasteiger partial charge in [0.25, 0.3) is 5.69 Å². The van der Waals surface area contributed by atoms with Crippen molar-refractivity contribution in [2.75, 3.05) is 18.5 Å². The van der Waals surface area contributed by atoms with Gasteiger partial charge in [-0.3, -0.25) is 14.9 Å². The van der Waals surface area contributed by atoms with Crippen LogP contribution in [0, 0.1) is 16.0 Å². The molecule has 1 aromatic carbocycles. The molecule has 112 valence electrons. The van der Waals surface area contributed by atoms with Crippen LogP contribution in [0.1, 0.15) is 6.42 Å². The maximum atomic E-state index is 11.8. The smallest absolute Gasteiger partial charge is 0.292 e. The Morgan fingerprint density at radius 3 is 2.81 bits per heavy atom. The summed E-state index contributed by atoms with van der Waals surface area (Å²) in [7, 11) is 0. The molecule has 0 radical (unpaired) electrons. The van der Waals surface area contributed by atoms with Crippen LogP contribution in [0.25, 0.3) is 0 Å². The van der Waals surface area contributed by atoms with E-state index in [1.54, 1.807) is 18.2 Å². The average molecular weight is 291 g/mol. The van der Waals surface area contributed by atoms with Crippen LogP contribution in [0.4, 0.5) is 11.4 Å². The van der Waals surface area contributed by atoms with Gasteiger partial charge in [0.15, 0.2) is 0 Å². The van der Waals surface area contributed by atoms with Crippen molar-refractivity contribution in [2.24, 2.45) is 5.92 Å². The molecule has 7 nitrogen and oxygen atoms in total. The quantitative estimate of drug-likeness (QED) is 0.413. The van der Waals surface area contributed by atoms with E-state index in [4.69, 9.17) is 5.11 Å². The minimum absolute atomic E-state index is 0.0427. The summed E-state index contributed by atoms with van der Waals surface area (Å²) in [4.78, 5) is 22.2. The Bertz CT molecular complexity index is 559. The summed E-state index contributed by atoms with van der Waals surface area (Å²) in [6, 6.07) is 6.08. The zero-order valence-electron chi connectivity index (χ0n) is 11.4. The van der Waals surface area contributed by atoms with Crippen molar-refractivity contribution in [1.82, 2.24) is 5.32 Å². The lowest BCUT2D eigenvalue weighted by atomic mass is 10.1. The maximum Gasteiger partial charge on any atom is 0.292 e. The predicted octanol–water partition coefficient (Wildman–Crippen LogP) is 1.06. The number of aliphatic hydroxyl groups is 1. The molecule has 1 amide bonds. The monoisotopic (exact) mass is 291 g/mol. The summed E-state index contributed by atoms with van der Waals surface area (Å²) in [5, 5.41) is 25.4. The van der Waals surface area contributed by atoms with Gasteiger partial charge < -0.3 is 15.7 Å². The normalized spacial score (nSPS) is 20.2. The van der Waals surface area contributed by atoms with Crippen LogP contribution < -0.4 is 10.6 Å². The number of nitrogens with one attached hydrogen (secondary N) is 2. The van der Waals surface area contributed by atoms with Crippen molar-refractivity contribution >= 4 is 17.3 Å². The fourth-order valence-corrected chi connectivity index (χ4v) is 2.23. The lowest BCUT2D eigenvalue weighted by Gasteiger charge is -2.13. The van der Waals surface area contributed by atoms with Crippen molar-refractivity contribution in [3.63, 3.8) is 0 Å². The van der Waals surface area contributed by atoms with Gasteiger partial charge in [0.2, 0.25) is 5.91 Å². The number of carbonyl (C=O) groups is 1. The number of benzene rings is 1. The zero-order chi connectivity index (χ0) is 15.2. The number of para-hydroxylation sites is 2. The molecule has 0 spiro atoms. The molecular weight excluding hydrogens is 274 g/mol. The van der Waals surface area contributed by atoms with Crippen molar-refractivity contribution < 1.29 is 14.8 Å². The highest BCUT2D eigenvalue weighted by molar-refractivity contribution is 5.82. The molecule has 1 aromatic rings. The van der Waals surface area contributed by atoms with E-state index < -0.39 is 4.92 Å². The molecule has 7 heteroatoms. The first kappa shape index (κ1) is 15.0. The fraction of sp³-hybridized carbons (Fsp3) is 0.357. The van der Waals surface area contributed by atoms with E-state index in [-0.39, 0.29) is 36.7 Å². The summed E-state index contributed by atoms with van der Waals surface area (Å²) in [5.41, 5.74) is 0.249. The van der Waals surface area contributed by atoms with Gasteiger partial charge in [-0.2, -0.15) is 0 Å². The Kier molecular flexibility index (Phi) is 4.89. The molecule has 0 bridgehead atoms. The van der Waals surface area contributed by atoms with Gasteiger partial charge in [-0.25, -0.2) is 0 Å². The van der Waals surface area contributed by atoms with E-state index in [9.17, 15) is 14.9 Å². The number of nitrogens with zero attached hydrogens (tertiary/aromatic N) is 1. The van der Waals surface area contributed by atoms with Crippen molar-refractivity contribution in [3.05, 3.63) is 46.5 Å². The number of anilines is 1. The standard InChI is InChI=1S/C14H17N3O4/c18-9-10-5-6-11(7-10)16-14(19)8-15-12-3-1-2-4-13(12)17(20)21/h1-6,10-11,15,18H,7-9H2,(H,16,19)/t10-,11+/m0/s1. The first-order chi connectivity index (χ1) is 10.1. The lowest BCUT2D eigenvalue weighted by molar-refractivity contribution is -0.383. The van der Waals surface area contributed by atoms with E-state index >= 15 is 0 Å². The van der Waals surface area contributed by atoms with Crippen LogP contribution in [0.5, 0.6) is 0 Å². The van der Waals surface area contributed by atoms with Gasteiger partial charge in [-0.05, 0) is 12.5 Å². The van der Waals surface area contributed by atoms with Gasteiger partial charge in [0.05, 0.1) is 11.5 Å².